The van der Waals surface area contributed by atoms with Crippen LogP contribution in [0, 0.1) is 0 Å². The van der Waals surface area contributed by atoms with Gasteiger partial charge in [0.05, 0.1) is 17.8 Å². The van der Waals surface area contributed by atoms with Gasteiger partial charge in [-0.2, -0.15) is 0 Å². The lowest BCUT2D eigenvalue weighted by Crippen LogP contribution is -1.94. The fourth-order valence-corrected chi connectivity index (χ4v) is 1.72. The summed E-state index contributed by atoms with van der Waals surface area (Å²) >= 11 is 11.8. The first-order valence-electron chi connectivity index (χ1n) is 4.31. The van der Waals surface area contributed by atoms with Crippen molar-refractivity contribution >= 4 is 23.2 Å². The number of hydrogen-bond donors (Lipinski definition) is 1. The summed E-state index contributed by atoms with van der Waals surface area (Å²) in [6.45, 7) is 0.269. The monoisotopic (exact) mass is 242 g/mol. The highest BCUT2D eigenvalue weighted by Crippen LogP contribution is 2.30. The van der Waals surface area contributed by atoms with Crippen molar-refractivity contribution in [3.05, 3.63) is 40.3 Å². The number of halogens is 2. The summed E-state index contributed by atoms with van der Waals surface area (Å²) in [7, 11) is 0. The number of nitrogens with two attached hydrogens (primary N) is 1. The molecule has 1 aromatic carbocycles. The Balaban J connectivity index is 2.44. The predicted molar refractivity (Wildman–Crippen MR) is 59.9 cm³/mol. The molecule has 78 valence electrons. The highest BCUT2D eigenvalue weighted by molar-refractivity contribution is 6.36. The Morgan fingerprint density at radius 2 is 2.13 bits per heavy atom. The topological polar surface area (TPSA) is 52.0 Å². The highest BCUT2D eigenvalue weighted by atomic mass is 35.5. The van der Waals surface area contributed by atoms with E-state index in [1.807, 2.05) is 0 Å². The van der Waals surface area contributed by atoms with Crippen LogP contribution in [-0.2, 0) is 6.54 Å². The molecule has 0 unspecified atom stereocenters. The normalized spacial score (nSPS) is 10.6. The van der Waals surface area contributed by atoms with E-state index in [2.05, 4.69) is 4.98 Å². The van der Waals surface area contributed by atoms with Crippen LogP contribution in [0.5, 0.6) is 0 Å². The summed E-state index contributed by atoms with van der Waals surface area (Å²) in [5.74, 6) is 1.08. The van der Waals surface area contributed by atoms with Gasteiger partial charge < -0.3 is 10.2 Å². The molecule has 2 rings (SSSR count). The maximum atomic E-state index is 6.01. The number of nitrogens with zero attached hydrogens (tertiary/aromatic N) is 1. The van der Waals surface area contributed by atoms with Crippen molar-refractivity contribution in [1.29, 1.82) is 0 Å². The van der Waals surface area contributed by atoms with Crippen LogP contribution >= 0.6 is 23.2 Å². The summed E-state index contributed by atoms with van der Waals surface area (Å²) in [4.78, 5) is 3.99. The lowest BCUT2D eigenvalue weighted by atomic mass is 10.2. The van der Waals surface area contributed by atoms with Crippen LogP contribution in [0.1, 0.15) is 5.89 Å². The van der Waals surface area contributed by atoms with E-state index < -0.39 is 0 Å². The first-order chi connectivity index (χ1) is 7.20. The number of hydrogen-bond acceptors (Lipinski definition) is 3. The molecule has 0 saturated heterocycles. The predicted octanol–water partition coefficient (Wildman–Crippen LogP) is 3.11. The van der Waals surface area contributed by atoms with Gasteiger partial charge in [0.2, 0.25) is 5.89 Å². The maximum absolute atomic E-state index is 6.01. The van der Waals surface area contributed by atoms with E-state index in [9.17, 15) is 0 Å². The standard InChI is InChI=1S/C10H8Cl2N2O/c11-6-1-2-7(8(12)3-6)9-5-14-10(4-13)15-9/h1-3,5H,4,13H2. The molecule has 0 fully saturated rings. The molecule has 0 saturated carbocycles. The summed E-state index contributed by atoms with van der Waals surface area (Å²) < 4.78 is 5.38. The average molecular weight is 243 g/mol. The number of aromatic nitrogens is 1. The molecule has 5 heteroatoms. The Bertz CT molecular complexity index is 482. The molecule has 0 bridgehead atoms. The zero-order valence-corrected chi connectivity index (χ0v) is 9.22. The largest absolute Gasteiger partial charge is 0.439 e. The molecular formula is C10H8Cl2N2O. The number of oxazole rings is 1. The summed E-state index contributed by atoms with van der Waals surface area (Å²) in [5.41, 5.74) is 6.15. The molecule has 0 atom stereocenters. The van der Waals surface area contributed by atoms with Crippen molar-refractivity contribution in [1.82, 2.24) is 4.98 Å². The fourth-order valence-electron chi connectivity index (χ4n) is 1.22. The van der Waals surface area contributed by atoms with Crippen LogP contribution in [-0.4, -0.2) is 4.98 Å². The quantitative estimate of drug-likeness (QED) is 0.881. The average Bonchev–Trinajstić information content (AvgIpc) is 2.66. The van der Waals surface area contributed by atoms with Crippen molar-refractivity contribution < 1.29 is 4.42 Å². The SMILES string of the molecule is NCc1ncc(-c2ccc(Cl)cc2Cl)o1. The van der Waals surface area contributed by atoms with Gasteiger partial charge in [-0.3, -0.25) is 0 Å². The van der Waals surface area contributed by atoms with E-state index in [1.165, 1.54) is 0 Å². The van der Waals surface area contributed by atoms with E-state index in [0.717, 1.165) is 5.56 Å². The van der Waals surface area contributed by atoms with E-state index in [0.29, 0.717) is 21.7 Å². The first kappa shape index (κ1) is 10.5. The van der Waals surface area contributed by atoms with Gasteiger partial charge in [0.25, 0.3) is 0 Å². The van der Waals surface area contributed by atoms with Gasteiger partial charge in [0.15, 0.2) is 5.76 Å². The van der Waals surface area contributed by atoms with E-state index >= 15 is 0 Å². The van der Waals surface area contributed by atoms with Crippen LogP contribution in [0.2, 0.25) is 10.0 Å². The molecule has 2 aromatic rings. The summed E-state index contributed by atoms with van der Waals surface area (Å²) in [6.07, 6.45) is 1.59. The Hall–Kier alpha value is -1.03. The molecule has 0 aliphatic rings. The third-order valence-corrected chi connectivity index (χ3v) is 2.47. The zero-order valence-electron chi connectivity index (χ0n) is 7.71. The molecule has 0 amide bonds. The molecule has 15 heavy (non-hydrogen) atoms. The van der Waals surface area contributed by atoms with Crippen LogP contribution in [0.25, 0.3) is 11.3 Å². The van der Waals surface area contributed by atoms with E-state index in [1.54, 1.807) is 24.4 Å². The Kier molecular flexibility index (Phi) is 2.95. The molecule has 1 heterocycles. The van der Waals surface area contributed by atoms with Crippen LogP contribution in [0.4, 0.5) is 0 Å². The Morgan fingerprint density at radius 1 is 1.33 bits per heavy atom. The van der Waals surface area contributed by atoms with Crippen molar-refractivity contribution in [2.75, 3.05) is 0 Å². The molecule has 0 spiro atoms. The summed E-state index contributed by atoms with van der Waals surface area (Å²) in [6, 6.07) is 5.18. The lowest BCUT2D eigenvalue weighted by Gasteiger charge is -1.99. The number of benzene rings is 1. The van der Waals surface area contributed by atoms with Gasteiger partial charge in [-0.1, -0.05) is 23.2 Å². The minimum absolute atomic E-state index is 0.269. The second kappa shape index (κ2) is 4.23. The fraction of sp³-hybridized carbons (Fsp3) is 0.100. The van der Waals surface area contributed by atoms with Crippen molar-refractivity contribution in [2.45, 2.75) is 6.54 Å². The zero-order chi connectivity index (χ0) is 10.8. The molecule has 2 N–H and O–H groups in total. The third kappa shape index (κ3) is 2.15. The lowest BCUT2D eigenvalue weighted by molar-refractivity contribution is 0.509. The van der Waals surface area contributed by atoms with Gasteiger partial charge in [0, 0.05) is 10.6 Å². The minimum atomic E-state index is 0.269. The maximum Gasteiger partial charge on any atom is 0.208 e. The third-order valence-electron chi connectivity index (χ3n) is 1.92. The molecule has 0 aliphatic carbocycles. The Labute approximate surface area is 96.8 Å². The van der Waals surface area contributed by atoms with Gasteiger partial charge in [-0.05, 0) is 18.2 Å². The van der Waals surface area contributed by atoms with Gasteiger partial charge in [-0.25, -0.2) is 4.98 Å². The smallest absolute Gasteiger partial charge is 0.208 e. The molecular weight excluding hydrogens is 235 g/mol. The second-order valence-electron chi connectivity index (χ2n) is 2.95. The van der Waals surface area contributed by atoms with Gasteiger partial charge in [0.1, 0.15) is 0 Å². The molecule has 1 aromatic heterocycles. The minimum Gasteiger partial charge on any atom is -0.439 e. The van der Waals surface area contributed by atoms with Gasteiger partial charge >= 0.3 is 0 Å². The molecule has 0 aliphatic heterocycles. The second-order valence-corrected chi connectivity index (χ2v) is 3.79. The first-order valence-corrected chi connectivity index (χ1v) is 5.06. The van der Waals surface area contributed by atoms with Crippen molar-refractivity contribution in [3.8, 4) is 11.3 Å². The van der Waals surface area contributed by atoms with Gasteiger partial charge in [-0.15, -0.1) is 0 Å². The molecule has 3 nitrogen and oxygen atoms in total. The Morgan fingerprint density at radius 3 is 2.73 bits per heavy atom. The highest BCUT2D eigenvalue weighted by Gasteiger charge is 2.09. The van der Waals surface area contributed by atoms with Crippen LogP contribution in [0.3, 0.4) is 0 Å². The molecule has 0 radical (unpaired) electrons. The van der Waals surface area contributed by atoms with Crippen LogP contribution < -0.4 is 5.73 Å². The van der Waals surface area contributed by atoms with E-state index in [-0.39, 0.29) is 6.54 Å². The van der Waals surface area contributed by atoms with Crippen molar-refractivity contribution in [2.24, 2.45) is 5.73 Å². The van der Waals surface area contributed by atoms with E-state index in [4.69, 9.17) is 33.4 Å². The van der Waals surface area contributed by atoms with Crippen LogP contribution in [0.15, 0.2) is 28.8 Å². The number of rotatable bonds is 2. The summed E-state index contributed by atoms with van der Waals surface area (Å²) in [5, 5.41) is 1.12. The van der Waals surface area contributed by atoms with Crippen molar-refractivity contribution in [3.63, 3.8) is 0 Å².